The van der Waals surface area contributed by atoms with Crippen LogP contribution in [0, 0.1) is 0 Å². The highest BCUT2D eigenvalue weighted by Crippen LogP contribution is 2.17. The molecule has 2 atom stereocenters. The summed E-state index contributed by atoms with van der Waals surface area (Å²) in [6, 6.07) is 10.4. The molecule has 1 aromatic carbocycles. The summed E-state index contributed by atoms with van der Waals surface area (Å²) in [4.78, 5) is 11.6. The summed E-state index contributed by atoms with van der Waals surface area (Å²) in [5.41, 5.74) is 6.92. The van der Waals surface area contributed by atoms with E-state index in [1.807, 2.05) is 25.1 Å². The fraction of sp³-hybridized carbons (Fsp3) is 0.533. The van der Waals surface area contributed by atoms with Crippen LogP contribution >= 0.6 is 0 Å². The van der Waals surface area contributed by atoms with Crippen LogP contribution in [0.1, 0.15) is 44.6 Å². The van der Waals surface area contributed by atoms with Crippen LogP contribution in [0.3, 0.4) is 0 Å². The Kier molecular flexibility index (Phi) is 6.44. The summed E-state index contributed by atoms with van der Waals surface area (Å²) >= 11 is 0. The highest BCUT2D eigenvalue weighted by atomic mass is 16.1. The van der Waals surface area contributed by atoms with Crippen molar-refractivity contribution in [2.24, 2.45) is 5.73 Å². The van der Waals surface area contributed by atoms with E-state index >= 15 is 0 Å². The van der Waals surface area contributed by atoms with Gasteiger partial charge in [0.1, 0.15) is 0 Å². The number of hydrogen-bond acceptors (Lipinski definition) is 2. The zero-order valence-electron chi connectivity index (χ0n) is 11.4. The van der Waals surface area contributed by atoms with E-state index in [1.54, 1.807) is 0 Å². The van der Waals surface area contributed by atoms with Crippen molar-refractivity contribution in [3.05, 3.63) is 35.9 Å². The second kappa shape index (κ2) is 7.88. The van der Waals surface area contributed by atoms with Crippen molar-refractivity contribution in [3.63, 3.8) is 0 Å². The quantitative estimate of drug-likeness (QED) is 0.778. The van der Waals surface area contributed by atoms with Crippen molar-refractivity contribution in [1.29, 1.82) is 0 Å². The van der Waals surface area contributed by atoms with Gasteiger partial charge < -0.3 is 11.1 Å². The molecule has 3 heteroatoms. The minimum absolute atomic E-state index is 0.0897. The van der Waals surface area contributed by atoms with Crippen LogP contribution in [0.5, 0.6) is 0 Å². The number of hydrogen-bond donors (Lipinski definition) is 2. The van der Waals surface area contributed by atoms with Crippen LogP contribution in [-0.4, -0.2) is 18.5 Å². The number of amides is 1. The third-order valence-electron chi connectivity index (χ3n) is 3.14. The third-order valence-corrected chi connectivity index (χ3v) is 3.14. The van der Waals surface area contributed by atoms with Crippen molar-refractivity contribution in [2.75, 3.05) is 6.54 Å². The lowest BCUT2D eigenvalue weighted by Gasteiger charge is -2.16. The Bertz CT molecular complexity index is 349. The normalized spacial score (nSPS) is 13.9. The second-order valence-corrected chi connectivity index (χ2v) is 4.84. The highest BCUT2D eigenvalue weighted by molar-refractivity contribution is 5.75. The van der Waals surface area contributed by atoms with Crippen LogP contribution in [0.15, 0.2) is 30.3 Å². The summed E-state index contributed by atoms with van der Waals surface area (Å²) < 4.78 is 0. The number of carbonyl (C=O) groups is 1. The molecule has 0 aliphatic rings. The molecule has 1 aromatic rings. The van der Waals surface area contributed by atoms with Crippen LogP contribution in [0.4, 0.5) is 0 Å². The lowest BCUT2D eigenvalue weighted by Crippen LogP contribution is -2.29. The van der Waals surface area contributed by atoms with E-state index < -0.39 is 0 Å². The van der Waals surface area contributed by atoms with E-state index in [1.165, 1.54) is 5.56 Å². The van der Waals surface area contributed by atoms with Gasteiger partial charge in [-0.25, -0.2) is 0 Å². The summed E-state index contributed by atoms with van der Waals surface area (Å²) in [6.07, 6.45) is 2.29. The van der Waals surface area contributed by atoms with Gasteiger partial charge in [-0.05, 0) is 25.3 Å². The first-order chi connectivity index (χ1) is 8.63. The zero-order chi connectivity index (χ0) is 13.4. The Labute approximate surface area is 110 Å². The Morgan fingerprint density at radius 3 is 2.56 bits per heavy atom. The van der Waals surface area contributed by atoms with E-state index in [9.17, 15) is 4.79 Å². The summed E-state index contributed by atoms with van der Waals surface area (Å²) in [5.74, 6) is 0.493. The first-order valence-corrected chi connectivity index (χ1v) is 6.70. The molecule has 3 nitrogen and oxygen atoms in total. The highest BCUT2D eigenvalue weighted by Gasteiger charge is 2.10. The molecule has 0 fully saturated rings. The molecular formula is C15H24N2O. The fourth-order valence-corrected chi connectivity index (χ4v) is 1.91. The average molecular weight is 248 g/mol. The van der Waals surface area contributed by atoms with Crippen LogP contribution in [-0.2, 0) is 4.79 Å². The van der Waals surface area contributed by atoms with Gasteiger partial charge >= 0.3 is 0 Å². The molecule has 0 spiro atoms. The van der Waals surface area contributed by atoms with Crippen LogP contribution in [0.2, 0.25) is 0 Å². The summed E-state index contributed by atoms with van der Waals surface area (Å²) in [7, 11) is 0. The minimum Gasteiger partial charge on any atom is -0.355 e. The Morgan fingerprint density at radius 2 is 2.00 bits per heavy atom. The van der Waals surface area contributed by atoms with Crippen LogP contribution in [0.25, 0.3) is 0 Å². The Morgan fingerprint density at radius 1 is 1.33 bits per heavy atom. The molecule has 2 unspecified atom stereocenters. The maximum Gasteiger partial charge on any atom is 0.220 e. The summed E-state index contributed by atoms with van der Waals surface area (Å²) in [6.45, 7) is 4.77. The molecule has 3 N–H and O–H groups in total. The minimum atomic E-state index is 0.0897. The molecule has 1 rings (SSSR count). The van der Waals surface area contributed by atoms with Crippen LogP contribution < -0.4 is 11.1 Å². The largest absolute Gasteiger partial charge is 0.355 e. The lowest BCUT2D eigenvalue weighted by molar-refractivity contribution is -0.121. The van der Waals surface area contributed by atoms with Gasteiger partial charge in [0.2, 0.25) is 5.91 Å². The molecule has 0 radical (unpaired) electrons. The number of benzene rings is 1. The van der Waals surface area contributed by atoms with Gasteiger partial charge in [-0.1, -0.05) is 37.3 Å². The Hall–Kier alpha value is -1.35. The van der Waals surface area contributed by atoms with Gasteiger partial charge in [0.25, 0.3) is 0 Å². The monoisotopic (exact) mass is 248 g/mol. The second-order valence-electron chi connectivity index (χ2n) is 4.84. The van der Waals surface area contributed by atoms with E-state index in [0.717, 1.165) is 12.8 Å². The van der Waals surface area contributed by atoms with Gasteiger partial charge in [0.05, 0.1) is 0 Å². The molecule has 0 saturated carbocycles. The lowest BCUT2D eigenvalue weighted by atomic mass is 9.96. The molecule has 18 heavy (non-hydrogen) atoms. The number of nitrogens with two attached hydrogens (primary N) is 1. The first kappa shape index (κ1) is 14.7. The van der Waals surface area contributed by atoms with Crippen molar-refractivity contribution < 1.29 is 4.79 Å². The van der Waals surface area contributed by atoms with Crippen molar-refractivity contribution in [2.45, 2.75) is 45.1 Å². The molecule has 0 heterocycles. The number of nitrogens with one attached hydrogen (secondary N) is 1. The standard InChI is InChI=1S/C15H24N2O/c1-3-13(14-7-5-4-6-8-14)11-17-15(18)10-9-12(2)16/h4-8,12-13H,3,9-11,16H2,1-2H3,(H,17,18). The fourth-order valence-electron chi connectivity index (χ4n) is 1.91. The first-order valence-electron chi connectivity index (χ1n) is 6.70. The van der Waals surface area contributed by atoms with Crippen molar-refractivity contribution >= 4 is 5.91 Å². The smallest absolute Gasteiger partial charge is 0.220 e. The number of carbonyl (C=O) groups excluding carboxylic acids is 1. The molecule has 100 valence electrons. The number of rotatable bonds is 7. The van der Waals surface area contributed by atoms with E-state index in [2.05, 4.69) is 24.4 Å². The predicted octanol–water partition coefficient (Wildman–Crippen LogP) is 2.42. The predicted molar refractivity (Wildman–Crippen MR) is 75.4 cm³/mol. The van der Waals surface area contributed by atoms with Crippen molar-refractivity contribution in [3.8, 4) is 0 Å². The molecule has 0 aliphatic heterocycles. The molecule has 0 aliphatic carbocycles. The third kappa shape index (κ3) is 5.32. The maximum absolute atomic E-state index is 11.6. The van der Waals surface area contributed by atoms with Gasteiger partial charge in [0, 0.05) is 24.9 Å². The van der Waals surface area contributed by atoms with Crippen molar-refractivity contribution in [1.82, 2.24) is 5.32 Å². The summed E-state index contributed by atoms with van der Waals surface area (Å²) in [5, 5.41) is 2.99. The SMILES string of the molecule is CCC(CNC(=O)CCC(C)N)c1ccccc1. The molecule has 0 aromatic heterocycles. The molecule has 0 saturated heterocycles. The molecule has 0 bridgehead atoms. The van der Waals surface area contributed by atoms with Gasteiger partial charge in [-0.2, -0.15) is 0 Å². The van der Waals surface area contributed by atoms with E-state index in [-0.39, 0.29) is 11.9 Å². The van der Waals surface area contributed by atoms with Gasteiger partial charge in [-0.3, -0.25) is 4.79 Å². The average Bonchev–Trinajstić information content (AvgIpc) is 2.38. The van der Waals surface area contributed by atoms with Gasteiger partial charge in [-0.15, -0.1) is 0 Å². The maximum atomic E-state index is 11.6. The van der Waals surface area contributed by atoms with E-state index in [0.29, 0.717) is 18.9 Å². The molecule has 1 amide bonds. The topological polar surface area (TPSA) is 55.1 Å². The Balaban J connectivity index is 2.38. The molecular weight excluding hydrogens is 224 g/mol. The zero-order valence-corrected chi connectivity index (χ0v) is 11.4. The van der Waals surface area contributed by atoms with E-state index in [4.69, 9.17) is 5.73 Å². The van der Waals surface area contributed by atoms with Gasteiger partial charge in [0.15, 0.2) is 0 Å².